The first-order valence-electron chi connectivity index (χ1n) is 8.35. The molecule has 136 valence electrons. The molecule has 1 atom stereocenters. The molecule has 0 unspecified atom stereocenters. The normalized spacial score (nSPS) is 12.4. The van der Waals surface area contributed by atoms with Gasteiger partial charge in [0.15, 0.2) is 0 Å². The molecule has 0 aliphatic heterocycles. The van der Waals surface area contributed by atoms with Crippen LogP contribution in [-0.4, -0.2) is 29.5 Å². The lowest BCUT2D eigenvalue weighted by Gasteiger charge is -2.22. The van der Waals surface area contributed by atoms with Crippen LogP contribution in [0.5, 0.6) is 5.75 Å². The highest BCUT2D eigenvalue weighted by Crippen LogP contribution is 2.31. The van der Waals surface area contributed by atoms with Crippen molar-refractivity contribution < 1.29 is 14.7 Å². The van der Waals surface area contributed by atoms with Crippen molar-refractivity contribution in [3.8, 4) is 11.8 Å². The van der Waals surface area contributed by atoms with Crippen molar-refractivity contribution >= 4 is 11.8 Å². The van der Waals surface area contributed by atoms with Gasteiger partial charge in [0.2, 0.25) is 5.91 Å². The molecular weight excluding hydrogens is 318 g/mol. The van der Waals surface area contributed by atoms with E-state index in [2.05, 4.69) is 10.6 Å². The maximum Gasteiger partial charge on any atom is 0.251 e. The Balaban J connectivity index is 3.00. The van der Waals surface area contributed by atoms with E-state index in [0.717, 1.165) is 0 Å². The van der Waals surface area contributed by atoms with Gasteiger partial charge in [-0.25, -0.2) is 0 Å². The number of carbonyl (C=O) groups is 2. The van der Waals surface area contributed by atoms with E-state index in [1.54, 1.807) is 6.07 Å². The zero-order chi connectivity index (χ0) is 19.2. The molecule has 1 rings (SSSR count). The summed E-state index contributed by atoms with van der Waals surface area (Å²) < 4.78 is 0. The Labute approximate surface area is 149 Å². The lowest BCUT2D eigenvalue weighted by Crippen LogP contribution is -2.47. The average molecular weight is 345 g/mol. The average Bonchev–Trinajstić information content (AvgIpc) is 2.50. The maximum atomic E-state index is 12.6. The minimum Gasteiger partial charge on any atom is -0.508 e. The Kier molecular flexibility index (Phi) is 6.98. The summed E-state index contributed by atoms with van der Waals surface area (Å²) in [5.74, 6) is -0.431. The van der Waals surface area contributed by atoms with Gasteiger partial charge in [-0.15, -0.1) is 0 Å². The van der Waals surface area contributed by atoms with E-state index < -0.39 is 6.04 Å². The molecule has 6 heteroatoms. The topological polar surface area (TPSA) is 102 Å². The van der Waals surface area contributed by atoms with Gasteiger partial charge in [-0.05, 0) is 36.0 Å². The molecule has 0 heterocycles. The van der Waals surface area contributed by atoms with Crippen LogP contribution in [-0.2, 0) is 10.2 Å². The monoisotopic (exact) mass is 345 g/mol. The summed E-state index contributed by atoms with van der Waals surface area (Å²) in [4.78, 5) is 24.7. The number of aromatic hydroxyl groups is 1. The lowest BCUT2D eigenvalue weighted by atomic mass is 9.85. The number of amides is 2. The van der Waals surface area contributed by atoms with Gasteiger partial charge in [-0.2, -0.15) is 5.26 Å². The zero-order valence-corrected chi connectivity index (χ0v) is 15.5. The largest absolute Gasteiger partial charge is 0.508 e. The van der Waals surface area contributed by atoms with Gasteiger partial charge >= 0.3 is 0 Å². The highest BCUT2D eigenvalue weighted by atomic mass is 16.3. The molecular formula is C19H27N3O3. The Morgan fingerprint density at radius 1 is 1.28 bits per heavy atom. The molecule has 1 aromatic carbocycles. The highest BCUT2D eigenvalue weighted by Gasteiger charge is 2.24. The van der Waals surface area contributed by atoms with Crippen molar-refractivity contribution in [1.82, 2.24) is 10.6 Å². The van der Waals surface area contributed by atoms with E-state index in [-0.39, 0.29) is 35.4 Å². The number of nitriles is 1. The van der Waals surface area contributed by atoms with E-state index in [1.165, 1.54) is 12.1 Å². The van der Waals surface area contributed by atoms with Crippen molar-refractivity contribution in [3.63, 3.8) is 0 Å². The molecule has 0 aliphatic rings. The Morgan fingerprint density at radius 2 is 1.92 bits per heavy atom. The van der Waals surface area contributed by atoms with Gasteiger partial charge in [-0.3, -0.25) is 9.59 Å². The molecule has 0 saturated heterocycles. The van der Waals surface area contributed by atoms with Gasteiger partial charge in [0.1, 0.15) is 18.3 Å². The second kappa shape index (κ2) is 8.52. The molecule has 2 amide bonds. The minimum absolute atomic E-state index is 0.101. The summed E-state index contributed by atoms with van der Waals surface area (Å²) >= 11 is 0. The number of phenols is 1. The summed E-state index contributed by atoms with van der Waals surface area (Å²) in [6.07, 6.45) is 0.465. The quantitative estimate of drug-likeness (QED) is 0.689. The van der Waals surface area contributed by atoms with Gasteiger partial charge < -0.3 is 15.7 Å². The number of nitrogens with one attached hydrogen (secondary N) is 2. The summed E-state index contributed by atoms with van der Waals surface area (Å²) in [7, 11) is 0. The SMILES string of the molecule is CC(C)C[C@H](NC(=O)c1ccc(O)c(C(C)(C)C)c1)C(=O)NCC#N. The second-order valence-corrected chi connectivity index (χ2v) is 7.51. The fourth-order valence-electron chi connectivity index (χ4n) is 2.47. The van der Waals surface area contributed by atoms with Crippen molar-refractivity contribution in [2.24, 2.45) is 5.92 Å². The molecule has 6 nitrogen and oxygen atoms in total. The van der Waals surface area contributed by atoms with Crippen LogP contribution >= 0.6 is 0 Å². The van der Waals surface area contributed by atoms with Crippen LogP contribution in [0, 0.1) is 17.2 Å². The van der Waals surface area contributed by atoms with Crippen LogP contribution in [0.2, 0.25) is 0 Å². The van der Waals surface area contributed by atoms with Crippen molar-refractivity contribution in [2.75, 3.05) is 6.54 Å². The lowest BCUT2D eigenvalue weighted by molar-refractivity contribution is -0.123. The highest BCUT2D eigenvalue weighted by molar-refractivity contribution is 5.97. The van der Waals surface area contributed by atoms with Crippen LogP contribution in [0.25, 0.3) is 0 Å². The molecule has 0 spiro atoms. The van der Waals surface area contributed by atoms with Crippen molar-refractivity contribution in [2.45, 2.75) is 52.5 Å². The first kappa shape index (κ1) is 20.5. The molecule has 0 saturated carbocycles. The number of rotatable bonds is 6. The molecule has 0 aromatic heterocycles. The van der Waals surface area contributed by atoms with E-state index in [4.69, 9.17) is 5.26 Å². The third-order valence-corrected chi connectivity index (χ3v) is 3.74. The predicted molar refractivity (Wildman–Crippen MR) is 96.1 cm³/mol. The fourth-order valence-corrected chi connectivity index (χ4v) is 2.47. The van der Waals surface area contributed by atoms with E-state index >= 15 is 0 Å². The summed E-state index contributed by atoms with van der Waals surface area (Å²) in [5.41, 5.74) is 0.723. The molecule has 0 fully saturated rings. The van der Waals surface area contributed by atoms with E-state index in [1.807, 2.05) is 40.7 Å². The number of nitrogens with zero attached hydrogens (tertiary/aromatic N) is 1. The second-order valence-electron chi connectivity index (χ2n) is 7.51. The van der Waals surface area contributed by atoms with Crippen LogP contribution in [0.3, 0.4) is 0 Å². The third-order valence-electron chi connectivity index (χ3n) is 3.74. The molecule has 1 aromatic rings. The maximum absolute atomic E-state index is 12.6. The van der Waals surface area contributed by atoms with Crippen LogP contribution in [0.4, 0.5) is 0 Å². The van der Waals surface area contributed by atoms with E-state index in [9.17, 15) is 14.7 Å². The van der Waals surface area contributed by atoms with Gasteiger partial charge in [-0.1, -0.05) is 34.6 Å². The summed E-state index contributed by atoms with van der Waals surface area (Å²) in [5, 5.41) is 23.8. The zero-order valence-electron chi connectivity index (χ0n) is 15.5. The van der Waals surface area contributed by atoms with Gasteiger partial charge in [0, 0.05) is 11.1 Å². The van der Waals surface area contributed by atoms with Crippen LogP contribution in [0.1, 0.15) is 57.0 Å². The summed E-state index contributed by atoms with van der Waals surface area (Å²) in [6, 6.07) is 5.79. The predicted octanol–water partition coefficient (Wildman–Crippen LogP) is 2.47. The number of carbonyl (C=O) groups excluding carboxylic acids is 2. The van der Waals surface area contributed by atoms with Crippen LogP contribution < -0.4 is 10.6 Å². The molecule has 0 bridgehead atoms. The van der Waals surface area contributed by atoms with E-state index in [0.29, 0.717) is 17.5 Å². The molecule has 3 N–H and O–H groups in total. The standard InChI is InChI=1S/C19H27N3O3/c1-12(2)10-15(18(25)21-9-8-20)22-17(24)13-6-7-16(23)14(11-13)19(3,4)5/h6-7,11-12,15,23H,9-10H2,1-5H3,(H,21,25)(H,22,24)/t15-/m0/s1. The Hall–Kier alpha value is -2.55. The van der Waals surface area contributed by atoms with Crippen molar-refractivity contribution in [1.29, 1.82) is 5.26 Å². The number of phenolic OH excluding ortho intramolecular Hbond substituents is 1. The Bertz CT molecular complexity index is 669. The summed E-state index contributed by atoms with van der Waals surface area (Å²) in [6.45, 7) is 9.64. The third kappa shape index (κ3) is 6.11. The number of hydrogen-bond acceptors (Lipinski definition) is 4. The smallest absolute Gasteiger partial charge is 0.251 e. The molecule has 25 heavy (non-hydrogen) atoms. The van der Waals surface area contributed by atoms with Crippen LogP contribution in [0.15, 0.2) is 18.2 Å². The fraction of sp³-hybridized carbons (Fsp3) is 0.526. The first-order chi connectivity index (χ1) is 11.6. The minimum atomic E-state index is -0.715. The van der Waals surface area contributed by atoms with Gasteiger partial charge in [0.05, 0.1) is 6.07 Å². The van der Waals surface area contributed by atoms with Crippen molar-refractivity contribution in [3.05, 3.63) is 29.3 Å². The molecule has 0 aliphatic carbocycles. The number of benzene rings is 1. The number of hydrogen-bond donors (Lipinski definition) is 3. The van der Waals surface area contributed by atoms with Gasteiger partial charge in [0.25, 0.3) is 5.91 Å². The Morgan fingerprint density at radius 3 is 2.44 bits per heavy atom. The molecule has 0 radical (unpaired) electrons. The first-order valence-corrected chi connectivity index (χ1v) is 8.35.